The molecule has 1 fully saturated rings. The van der Waals surface area contributed by atoms with E-state index < -0.39 is 5.79 Å². The molecule has 0 radical (unpaired) electrons. The average Bonchev–Trinajstić information content (AvgIpc) is 3.09. The van der Waals surface area contributed by atoms with Gasteiger partial charge in [-0.25, -0.2) is 4.98 Å². The molecule has 8 heteroatoms. The normalized spacial score (nSPS) is 17.1. The van der Waals surface area contributed by atoms with Gasteiger partial charge in [0.15, 0.2) is 17.0 Å². The highest BCUT2D eigenvalue weighted by atomic mass is 16.7. The van der Waals surface area contributed by atoms with Crippen molar-refractivity contribution in [1.82, 2.24) is 19.5 Å². The van der Waals surface area contributed by atoms with Crippen LogP contribution >= 0.6 is 0 Å². The van der Waals surface area contributed by atoms with E-state index in [-0.39, 0.29) is 5.95 Å². The summed E-state index contributed by atoms with van der Waals surface area (Å²) in [5.74, 6) is 0.406. The maximum absolute atomic E-state index is 5.91. The van der Waals surface area contributed by atoms with Crippen molar-refractivity contribution < 1.29 is 14.2 Å². The average molecular weight is 383 g/mol. The molecule has 0 aliphatic carbocycles. The highest BCUT2D eigenvalue weighted by Gasteiger charge is 2.28. The fourth-order valence-corrected chi connectivity index (χ4v) is 3.14. The van der Waals surface area contributed by atoms with E-state index >= 15 is 0 Å². The van der Waals surface area contributed by atoms with Crippen LogP contribution in [-0.2, 0) is 22.6 Å². The van der Waals surface area contributed by atoms with Crippen molar-refractivity contribution in [1.29, 1.82) is 0 Å². The Bertz CT molecular complexity index is 932. The second-order valence-electron chi connectivity index (χ2n) is 7.45. The van der Waals surface area contributed by atoms with Crippen molar-refractivity contribution in [3.05, 3.63) is 42.2 Å². The lowest BCUT2D eigenvalue weighted by Gasteiger charge is -2.35. The lowest BCUT2D eigenvalue weighted by atomic mass is 10.1. The molecule has 1 saturated heterocycles. The third-order valence-electron chi connectivity index (χ3n) is 4.78. The zero-order chi connectivity index (χ0) is 19.6. The van der Waals surface area contributed by atoms with Gasteiger partial charge in [0, 0.05) is 12.5 Å². The van der Waals surface area contributed by atoms with Gasteiger partial charge in [0.05, 0.1) is 19.5 Å². The van der Waals surface area contributed by atoms with Crippen LogP contribution < -0.4 is 10.5 Å². The molecular weight excluding hydrogens is 358 g/mol. The van der Waals surface area contributed by atoms with Gasteiger partial charge in [0.1, 0.15) is 6.61 Å². The van der Waals surface area contributed by atoms with Crippen molar-refractivity contribution in [3.8, 4) is 5.88 Å². The number of aryl methyl sites for hydroxylation is 1. The molecule has 0 unspecified atom stereocenters. The van der Waals surface area contributed by atoms with E-state index in [0.717, 1.165) is 18.5 Å². The molecule has 0 spiro atoms. The van der Waals surface area contributed by atoms with Crippen LogP contribution in [0.5, 0.6) is 5.88 Å². The summed E-state index contributed by atoms with van der Waals surface area (Å²) in [5, 5.41) is 0. The van der Waals surface area contributed by atoms with E-state index in [1.54, 1.807) is 6.33 Å². The number of hydrogen-bond donors (Lipinski definition) is 1. The van der Waals surface area contributed by atoms with Crippen LogP contribution in [0.25, 0.3) is 11.2 Å². The number of imidazole rings is 1. The third-order valence-corrected chi connectivity index (χ3v) is 4.78. The summed E-state index contributed by atoms with van der Waals surface area (Å²) in [7, 11) is 0. The lowest BCUT2D eigenvalue weighted by Crippen LogP contribution is -2.39. The molecule has 0 bridgehead atoms. The number of aromatic nitrogens is 4. The van der Waals surface area contributed by atoms with E-state index in [0.29, 0.717) is 42.8 Å². The number of hydrogen-bond acceptors (Lipinski definition) is 7. The Morgan fingerprint density at radius 1 is 1.18 bits per heavy atom. The minimum Gasteiger partial charge on any atom is -0.471 e. The summed E-state index contributed by atoms with van der Waals surface area (Å²) in [6.45, 7) is 6.37. The van der Waals surface area contributed by atoms with E-state index in [4.69, 9.17) is 19.9 Å². The first kappa shape index (κ1) is 18.6. The Morgan fingerprint density at radius 2 is 1.93 bits per heavy atom. The van der Waals surface area contributed by atoms with Crippen molar-refractivity contribution in [3.63, 3.8) is 0 Å². The molecule has 0 amide bonds. The largest absolute Gasteiger partial charge is 0.471 e. The first-order chi connectivity index (χ1) is 13.5. The second-order valence-corrected chi connectivity index (χ2v) is 7.45. The Balaban J connectivity index is 1.46. The number of benzene rings is 1. The minimum atomic E-state index is -0.495. The van der Waals surface area contributed by atoms with Crippen LogP contribution in [0.15, 0.2) is 36.7 Å². The van der Waals surface area contributed by atoms with E-state index in [1.165, 1.54) is 0 Å². The quantitative estimate of drug-likeness (QED) is 0.699. The van der Waals surface area contributed by atoms with E-state index in [9.17, 15) is 0 Å². The molecule has 2 N–H and O–H groups in total. The van der Waals surface area contributed by atoms with Gasteiger partial charge in [-0.2, -0.15) is 9.97 Å². The van der Waals surface area contributed by atoms with Gasteiger partial charge in [-0.15, -0.1) is 0 Å². The SMILES string of the molecule is CC1(C)OCC(CCn2cnc3c(OCc4ccccc4)nc(N)nc32)CO1. The standard InChI is InChI=1S/C20H25N5O3/c1-20(2)27-11-15(12-28-20)8-9-25-13-22-16-17(25)23-19(21)24-18(16)26-10-14-6-4-3-5-7-14/h3-7,13,15H,8-12H2,1-2H3,(H2,21,23,24). The first-order valence-corrected chi connectivity index (χ1v) is 9.43. The molecule has 1 aliphatic heterocycles. The van der Waals surface area contributed by atoms with Crippen LogP contribution in [0.2, 0.25) is 0 Å². The molecule has 3 aromatic rings. The van der Waals surface area contributed by atoms with Crippen LogP contribution in [-0.4, -0.2) is 38.5 Å². The maximum atomic E-state index is 5.91. The molecule has 28 heavy (non-hydrogen) atoms. The van der Waals surface area contributed by atoms with E-state index in [2.05, 4.69) is 15.0 Å². The van der Waals surface area contributed by atoms with Crippen LogP contribution in [0.1, 0.15) is 25.8 Å². The van der Waals surface area contributed by atoms with Gasteiger partial charge in [-0.3, -0.25) is 0 Å². The fourth-order valence-electron chi connectivity index (χ4n) is 3.14. The van der Waals surface area contributed by atoms with Gasteiger partial charge < -0.3 is 24.5 Å². The molecule has 1 aliphatic rings. The molecule has 2 aromatic heterocycles. The van der Waals surface area contributed by atoms with Gasteiger partial charge in [-0.05, 0) is 25.8 Å². The van der Waals surface area contributed by atoms with Crippen LogP contribution in [0, 0.1) is 5.92 Å². The molecular formula is C20H25N5O3. The van der Waals surface area contributed by atoms with Crippen LogP contribution in [0.4, 0.5) is 5.95 Å². The lowest BCUT2D eigenvalue weighted by molar-refractivity contribution is -0.262. The summed E-state index contributed by atoms with van der Waals surface area (Å²) in [6, 6.07) is 9.90. The molecule has 8 nitrogen and oxygen atoms in total. The molecule has 4 rings (SSSR count). The zero-order valence-corrected chi connectivity index (χ0v) is 16.2. The number of fused-ring (bicyclic) bond motifs is 1. The zero-order valence-electron chi connectivity index (χ0n) is 16.2. The smallest absolute Gasteiger partial charge is 0.247 e. The summed E-state index contributed by atoms with van der Waals surface area (Å²) in [5.41, 5.74) is 8.24. The van der Waals surface area contributed by atoms with Crippen molar-refractivity contribution in [2.75, 3.05) is 18.9 Å². The predicted molar refractivity (Wildman–Crippen MR) is 105 cm³/mol. The van der Waals surface area contributed by atoms with Crippen molar-refractivity contribution in [2.24, 2.45) is 5.92 Å². The van der Waals surface area contributed by atoms with Gasteiger partial charge in [0.2, 0.25) is 11.8 Å². The predicted octanol–water partition coefficient (Wildman–Crippen LogP) is 2.78. The Kier molecular flexibility index (Phi) is 5.15. The summed E-state index contributed by atoms with van der Waals surface area (Å²) in [4.78, 5) is 13.0. The molecule has 148 valence electrons. The summed E-state index contributed by atoms with van der Waals surface area (Å²) >= 11 is 0. The van der Waals surface area contributed by atoms with Gasteiger partial charge in [0.25, 0.3) is 0 Å². The fraction of sp³-hybridized carbons (Fsp3) is 0.450. The highest BCUT2D eigenvalue weighted by molar-refractivity contribution is 5.77. The van der Waals surface area contributed by atoms with Crippen molar-refractivity contribution >= 4 is 17.1 Å². The number of ether oxygens (including phenoxy) is 3. The van der Waals surface area contributed by atoms with Gasteiger partial charge in [-0.1, -0.05) is 30.3 Å². The maximum Gasteiger partial charge on any atom is 0.247 e. The second kappa shape index (κ2) is 7.73. The summed E-state index contributed by atoms with van der Waals surface area (Å²) in [6.07, 6.45) is 2.65. The van der Waals surface area contributed by atoms with E-state index in [1.807, 2.05) is 48.7 Å². The topological polar surface area (TPSA) is 97.3 Å². The number of nitrogens with two attached hydrogens (primary N) is 1. The Labute approximate surface area is 163 Å². The number of nitrogen functional groups attached to an aromatic ring is 1. The molecule has 1 aromatic carbocycles. The van der Waals surface area contributed by atoms with Crippen LogP contribution in [0.3, 0.4) is 0 Å². The monoisotopic (exact) mass is 383 g/mol. The Hall–Kier alpha value is -2.71. The number of rotatable bonds is 6. The number of anilines is 1. The summed E-state index contributed by atoms with van der Waals surface area (Å²) < 4.78 is 19.3. The number of nitrogens with zero attached hydrogens (tertiary/aromatic N) is 4. The van der Waals surface area contributed by atoms with Gasteiger partial charge >= 0.3 is 0 Å². The molecule has 3 heterocycles. The highest BCUT2D eigenvalue weighted by Crippen LogP contribution is 2.25. The van der Waals surface area contributed by atoms with Crippen molar-refractivity contribution in [2.45, 2.75) is 39.2 Å². The first-order valence-electron chi connectivity index (χ1n) is 9.43. The molecule has 0 saturated carbocycles. The Morgan fingerprint density at radius 3 is 2.68 bits per heavy atom. The minimum absolute atomic E-state index is 0.170. The molecule has 0 atom stereocenters. The third kappa shape index (κ3) is 4.23.